The second kappa shape index (κ2) is 7.75. The molecule has 1 heterocycles. The van der Waals surface area contributed by atoms with E-state index >= 15 is 0 Å². The molecule has 28 heavy (non-hydrogen) atoms. The number of halogens is 2. The van der Waals surface area contributed by atoms with E-state index in [4.69, 9.17) is 0 Å². The van der Waals surface area contributed by atoms with Crippen molar-refractivity contribution in [3.8, 4) is 0 Å². The molecule has 2 aromatic carbocycles. The maximum absolute atomic E-state index is 13.6. The van der Waals surface area contributed by atoms with E-state index in [1.54, 1.807) is 6.92 Å². The van der Waals surface area contributed by atoms with Crippen molar-refractivity contribution in [2.45, 2.75) is 25.3 Å². The number of carbonyl (C=O) groups excluding carboxylic acids is 3. The van der Waals surface area contributed by atoms with Gasteiger partial charge in [-0.25, -0.2) is 13.6 Å². The van der Waals surface area contributed by atoms with E-state index in [9.17, 15) is 23.2 Å². The van der Waals surface area contributed by atoms with Crippen LogP contribution >= 0.6 is 0 Å². The Morgan fingerprint density at radius 2 is 1.86 bits per heavy atom. The molecular weight excluding hydrogens is 368 g/mol. The zero-order valence-corrected chi connectivity index (χ0v) is 15.2. The molecule has 1 fully saturated rings. The van der Waals surface area contributed by atoms with Crippen molar-refractivity contribution in [3.63, 3.8) is 0 Å². The lowest BCUT2D eigenvalue weighted by Gasteiger charge is -2.21. The van der Waals surface area contributed by atoms with Crippen LogP contribution in [-0.4, -0.2) is 34.8 Å². The fraction of sp³-hybridized carbons (Fsp3) is 0.250. The molecule has 1 atom stereocenters. The summed E-state index contributed by atoms with van der Waals surface area (Å²) in [4.78, 5) is 37.8. The molecule has 0 unspecified atom stereocenters. The van der Waals surface area contributed by atoms with Crippen LogP contribution < -0.4 is 10.6 Å². The lowest BCUT2D eigenvalue weighted by molar-refractivity contribution is -0.133. The lowest BCUT2D eigenvalue weighted by atomic mass is 9.93. The molecular formula is C20H19F2N3O3. The minimum absolute atomic E-state index is 0.231. The molecule has 0 spiro atoms. The molecule has 1 aliphatic rings. The molecule has 0 aliphatic carbocycles. The highest BCUT2D eigenvalue weighted by molar-refractivity contribution is 6.09. The van der Waals surface area contributed by atoms with Crippen LogP contribution in [0.3, 0.4) is 0 Å². The number of amides is 4. The number of aryl methyl sites for hydroxylation is 1. The zero-order valence-electron chi connectivity index (χ0n) is 15.2. The van der Waals surface area contributed by atoms with Gasteiger partial charge in [0, 0.05) is 6.07 Å². The Hall–Kier alpha value is -3.29. The Balaban J connectivity index is 1.63. The Morgan fingerprint density at radius 1 is 1.14 bits per heavy atom. The summed E-state index contributed by atoms with van der Waals surface area (Å²) in [6, 6.07) is 11.5. The summed E-state index contributed by atoms with van der Waals surface area (Å²) in [5.41, 5.74) is -0.340. The van der Waals surface area contributed by atoms with Crippen molar-refractivity contribution in [1.29, 1.82) is 0 Å². The number of nitrogens with zero attached hydrogens (tertiary/aromatic N) is 1. The number of benzene rings is 2. The van der Waals surface area contributed by atoms with Crippen LogP contribution in [-0.2, 0) is 16.0 Å². The minimum atomic E-state index is -1.13. The number of imide groups is 1. The molecule has 2 N–H and O–H groups in total. The van der Waals surface area contributed by atoms with Gasteiger partial charge in [0.05, 0.1) is 5.69 Å². The van der Waals surface area contributed by atoms with Crippen molar-refractivity contribution >= 4 is 23.5 Å². The van der Waals surface area contributed by atoms with Gasteiger partial charge in [-0.2, -0.15) is 0 Å². The molecule has 0 saturated carbocycles. The van der Waals surface area contributed by atoms with E-state index in [-0.39, 0.29) is 5.69 Å². The van der Waals surface area contributed by atoms with Crippen LogP contribution in [0, 0.1) is 11.6 Å². The van der Waals surface area contributed by atoms with E-state index in [1.165, 1.54) is 0 Å². The summed E-state index contributed by atoms with van der Waals surface area (Å²) in [7, 11) is 0. The van der Waals surface area contributed by atoms with Gasteiger partial charge in [-0.1, -0.05) is 30.3 Å². The van der Waals surface area contributed by atoms with Gasteiger partial charge in [-0.15, -0.1) is 0 Å². The first-order valence-electron chi connectivity index (χ1n) is 8.71. The fourth-order valence-corrected chi connectivity index (χ4v) is 3.02. The first kappa shape index (κ1) is 19.5. The highest BCUT2D eigenvalue weighted by Gasteiger charge is 2.47. The van der Waals surface area contributed by atoms with Crippen molar-refractivity contribution in [2.24, 2.45) is 0 Å². The second-order valence-corrected chi connectivity index (χ2v) is 6.81. The van der Waals surface area contributed by atoms with E-state index in [0.29, 0.717) is 18.9 Å². The average molecular weight is 387 g/mol. The summed E-state index contributed by atoms with van der Waals surface area (Å²) < 4.78 is 26.6. The number of urea groups is 1. The SMILES string of the molecule is C[C@]1(CCc2ccccc2)NC(=O)N(CC(=O)Nc2ccc(F)cc2F)C1=O. The monoisotopic (exact) mass is 387 g/mol. The summed E-state index contributed by atoms with van der Waals surface area (Å²) >= 11 is 0. The zero-order chi connectivity index (χ0) is 20.3. The predicted octanol–water partition coefficient (Wildman–Crippen LogP) is 2.85. The fourth-order valence-electron chi connectivity index (χ4n) is 3.02. The molecule has 2 aromatic rings. The molecule has 4 amide bonds. The number of rotatable bonds is 6. The van der Waals surface area contributed by atoms with Gasteiger partial charge in [0.2, 0.25) is 5.91 Å². The third-order valence-electron chi connectivity index (χ3n) is 4.61. The topological polar surface area (TPSA) is 78.5 Å². The highest BCUT2D eigenvalue weighted by Crippen LogP contribution is 2.23. The Labute approximate surface area is 160 Å². The van der Waals surface area contributed by atoms with E-state index in [2.05, 4.69) is 10.6 Å². The number of hydrogen-bond acceptors (Lipinski definition) is 3. The van der Waals surface area contributed by atoms with E-state index in [1.807, 2.05) is 30.3 Å². The van der Waals surface area contributed by atoms with Gasteiger partial charge in [-0.3, -0.25) is 14.5 Å². The molecule has 0 aromatic heterocycles. The van der Waals surface area contributed by atoms with Crippen LogP contribution in [0.1, 0.15) is 18.9 Å². The van der Waals surface area contributed by atoms with Crippen LogP contribution in [0.4, 0.5) is 19.3 Å². The minimum Gasteiger partial charge on any atom is -0.323 e. The first-order valence-corrected chi connectivity index (χ1v) is 8.71. The Morgan fingerprint density at radius 3 is 2.54 bits per heavy atom. The van der Waals surface area contributed by atoms with Crippen molar-refractivity contribution in [1.82, 2.24) is 10.2 Å². The maximum Gasteiger partial charge on any atom is 0.325 e. The first-order chi connectivity index (χ1) is 13.3. The second-order valence-electron chi connectivity index (χ2n) is 6.81. The summed E-state index contributed by atoms with van der Waals surface area (Å²) in [6.07, 6.45) is 0.941. The normalized spacial score (nSPS) is 18.9. The largest absolute Gasteiger partial charge is 0.325 e. The molecule has 1 aliphatic heterocycles. The maximum atomic E-state index is 13.6. The number of carbonyl (C=O) groups is 3. The molecule has 8 heteroatoms. The van der Waals surface area contributed by atoms with Gasteiger partial charge in [0.15, 0.2) is 0 Å². The summed E-state index contributed by atoms with van der Waals surface area (Å²) in [5, 5.41) is 4.86. The lowest BCUT2D eigenvalue weighted by Crippen LogP contribution is -2.45. The smallest absolute Gasteiger partial charge is 0.323 e. The van der Waals surface area contributed by atoms with Crippen molar-refractivity contribution in [3.05, 3.63) is 65.7 Å². The average Bonchev–Trinajstić information content (AvgIpc) is 2.87. The standard InChI is InChI=1S/C20H19F2N3O3/c1-20(10-9-13-5-3-2-4-6-13)18(27)25(19(28)24-20)12-17(26)23-16-8-7-14(21)11-15(16)22/h2-8,11H,9-10,12H2,1H3,(H,23,26)(H,24,28)/t20-/m1/s1. The van der Waals surface area contributed by atoms with Crippen LogP contribution in [0.15, 0.2) is 48.5 Å². The van der Waals surface area contributed by atoms with Crippen LogP contribution in [0.5, 0.6) is 0 Å². The molecule has 0 radical (unpaired) electrons. The van der Waals surface area contributed by atoms with Gasteiger partial charge < -0.3 is 10.6 Å². The highest BCUT2D eigenvalue weighted by atomic mass is 19.1. The number of hydrogen-bond donors (Lipinski definition) is 2. The summed E-state index contributed by atoms with van der Waals surface area (Å²) in [6.45, 7) is 1.04. The molecule has 3 rings (SSSR count). The van der Waals surface area contributed by atoms with Crippen molar-refractivity contribution in [2.75, 3.05) is 11.9 Å². The van der Waals surface area contributed by atoms with Crippen molar-refractivity contribution < 1.29 is 23.2 Å². The molecule has 146 valence electrons. The summed E-state index contributed by atoms with van der Waals surface area (Å²) in [5.74, 6) is -3.01. The van der Waals surface area contributed by atoms with Gasteiger partial charge in [0.1, 0.15) is 23.7 Å². The quantitative estimate of drug-likeness (QED) is 0.748. The predicted molar refractivity (Wildman–Crippen MR) is 98.4 cm³/mol. The van der Waals surface area contributed by atoms with E-state index in [0.717, 1.165) is 22.6 Å². The number of nitrogens with one attached hydrogen (secondary N) is 2. The Bertz CT molecular complexity index is 920. The van der Waals surface area contributed by atoms with Gasteiger partial charge in [-0.05, 0) is 37.5 Å². The third kappa shape index (κ3) is 4.16. The van der Waals surface area contributed by atoms with E-state index < -0.39 is 41.6 Å². The number of anilines is 1. The van der Waals surface area contributed by atoms with Gasteiger partial charge >= 0.3 is 6.03 Å². The van der Waals surface area contributed by atoms with Gasteiger partial charge in [0.25, 0.3) is 5.91 Å². The molecule has 6 nitrogen and oxygen atoms in total. The Kier molecular flexibility index (Phi) is 5.39. The molecule has 1 saturated heterocycles. The van der Waals surface area contributed by atoms with Crippen LogP contribution in [0.2, 0.25) is 0 Å². The molecule has 0 bridgehead atoms. The third-order valence-corrected chi connectivity index (χ3v) is 4.61. The van der Waals surface area contributed by atoms with Crippen LogP contribution in [0.25, 0.3) is 0 Å².